The lowest BCUT2D eigenvalue weighted by Gasteiger charge is -2.24. The quantitative estimate of drug-likeness (QED) is 0.666. The van der Waals surface area contributed by atoms with E-state index < -0.39 is 0 Å². The lowest BCUT2D eigenvalue weighted by Crippen LogP contribution is -2.35. The molecule has 0 saturated heterocycles. The Hall–Kier alpha value is -0.410. The molecular weight excluding hydrogens is 190 g/mol. The molecule has 86 valence electrons. The van der Waals surface area contributed by atoms with Gasteiger partial charge in [0.25, 0.3) is 0 Å². The van der Waals surface area contributed by atoms with Crippen LogP contribution in [0.2, 0.25) is 0 Å². The van der Waals surface area contributed by atoms with Crippen molar-refractivity contribution in [3.8, 4) is 0 Å². The highest BCUT2D eigenvalue weighted by Crippen LogP contribution is 2.30. The number of ketones is 1. The van der Waals surface area contributed by atoms with Crippen LogP contribution in [0, 0.1) is 5.92 Å². The summed E-state index contributed by atoms with van der Waals surface area (Å²) in [7, 11) is 1.74. The van der Waals surface area contributed by atoms with Gasteiger partial charge in [-0.2, -0.15) is 0 Å². The number of carbonyl (C=O) groups is 1. The topological polar surface area (TPSA) is 29.5 Å². The zero-order chi connectivity index (χ0) is 10.7. The number of hydrogen-bond acceptors (Lipinski definition) is 3. The summed E-state index contributed by atoms with van der Waals surface area (Å²) in [5, 5.41) is 0. The molecule has 0 N–H and O–H groups in total. The number of hydrogen-bond donors (Lipinski definition) is 0. The largest absolute Gasteiger partial charge is 0.383 e. The first-order chi connectivity index (χ1) is 7.31. The Morgan fingerprint density at radius 3 is 2.73 bits per heavy atom. The van der Waals surface area contributed by atoms with E-state index >= 15 is 0 Å². The molecule has 0 spiro atoms. The van der Waals surface area contributed by atoms with Crippen molar-refractivity contribution < 1.29 is 9.53 Å². The van der Waals surface area contributed by atoms with Gasteiger partial charge in [-0.3, -0.25) is 9.69 Å². The molecule has 3 nitrogen and oxygen atoms in total. The minimum absolute atomic E-state index is 0.322. The highest BCUT2D eigenvalue weighted by atomic mass is 16.5. The minimum atomic E-state index is 0.322. The molecule has 1 atom stereocenters. The molecule has 2 aliphatic carbocycles. The summed E-state index contributed by atoms with van der Waals surface area (Å²) in [6, 6.07) is 0.744. The summed E-state index contributed by atoms with van der Waals surface area (Å²) < 4.78 is 5.11. The van der Waals surface area contributed by atoms with E-state index in [9.17, 15) is 4.79 Å². The second-order valence-electron chi connectivity index (χ2n) is 4.77. The molecule has 2 aliphatic rings. The van der Waals surface area contributed by atoms with E-state index in [0.717, 1.165) is 45.0 Å². The standard InChI is InChI=1S/C12H21NO2/c1-15-8-7-13(11-5-6-11)9-10-3-2-4-12(10)14/h10-11H,2-9H2,1H3. The molecule has 2 saturated carbocycles. The Balaban J connectivity index is 1.80. The van der Waals surface area contributed by atoms with Crippen LogP contribution in [0.15, 0.2) is 0 Å². The normalized spacial score (nSPS) is 26.5. The molecule has 0 heterocycles. The third-order valence-electron chi connectivity index (χ3n) is 3.53. The van der Waals surface area contributed by atoms with E-state index in [2.05, 4.69) is 4.90 Å². The van der Waals surface area contributed by atoms with Crippen molar-refractivity contribution in [2.45, 2.75) is 38.1 Å². The van der Waals surface area contributed by atoms with E-state index in [1.807, 2.05) is 0 Å². The van der Waals surface area contributed by atoms with Gasteiger partial charge in [0, 0.05) is 38.6 Å². The van der Waals surface area contributed by atoms with Gasteiger partial charge in [0.05, 0.1) is 6.61 Å². The molecule has 0 aromatic carbocycles. The summed E-state index contributed by atoms with van der Waals surface area (Å²) in [4.78, 5) is 14.0. The van der Waals surface area contributed by atoms with Crippen LogP contribution in [0.4, 0.5) is 0 Å². The van der Waals surface area contributed by atoms with Crippen LogP contribution in [0.5, 0.6) is 0 Å². The molecule has 2 fully saturated rings. The van der Waals surface area contributed by atoms with Gasteiger partial charge in [-0.1, -0.05) is 0 Å². The summed E-state index contributed by atoms with van der Waals surface area (Å²) in [5.41, 5.74) is 0. The number of methoxy groups -OCH3 is 1. The molecule has 1 unspecified atom stereocenters. The fraction of sp³-hybridized carbons (Fsp3) is 0.917. The lowest BCUT2D eigenvalue weighted by atomic mass is 10.1. The molecule has 15 heavy (non-hydrogen) atoms. The summed E-state index contributed by atoms with van der Waals surface area (Å²) >= 11 is 0. The van der Waals surface area contributed by atoms with Gasteiger partial charge in [0.1, 0.15) is 5.78 Å². The van der Waals surface area contributed by atoms with Gasteiger partial charge in [-0.15, -0.1) is 0 Å². The Bertz CT molecular complexity index is 226. The maximum absolute atomic E-state index is 11.6. The van der Waals surface area contributed by atoms with Crippen molar-refractivity contribution in [3.63, 3.8) is 0 Å². The predicted octanol–water partition coefficient (Wildman–Crippen LogP) is 1.47. The van der Waals surface area contributed by atoms with E-state index in [4.69, 9.17) is 4.74 Å². The first-order valence-electron chi connectivity index (χ1n) is 6.07. The molecule has 0 bridgehead atoms. The van der Waals surface area contributed by atoms with Crippen molar-refractivity contribution in [2.24, 2.45) is 5.92 Å². The molecule has 0 aliphatic heterocycles. The van der Waals surface area contributed by atoms with Gasteiger partial charge in [-0.05, 0) is 25.7 Å². The third kappa shape index (κ3) is 3.02. The summed E-state index contributed by atoms with van der Waals surface area (Å²) in [5.74, 6) is 0.806. The molecule has 0 aromatic heterocycles. The molecule has 0 amide bonds. The van der Waals surface area contributed by atoms with E-state index in [0.29, 0.717) is 11.7 Å². The van der Waals surface area contributed by atoms with Crippen LogP contribution in [0.25, 0.3) is 0 Å². The molecular formula is C12H21NO2. The van der Waals surface area contributed by atoms with Crippen LogP contribution in [0.3, 0.4) is 0 Å². The second kappa shape index (κ2) is 5.08. The Kier molecular flexibility index (Phi) is 3.76. The van der Waals surface area contributed by atoms with Crippen molar-refractivity contribution in [2.75, 3.05) is 26.8 Å². The molecule has 0 aromatic rings. The smallest absolute Gasteiger partial charge is 0.137 e. The SMILES string of the molecule is COCCN(CC1CCCC1=O)C1CC1. The Morgan fingerprint density at radius 2 is 2.20 bits per heavy atom. The Labute approximate surface area is 91.8 Å². The molecule has 0 radical (unpaired) electrons. The monoisotopic (exact) mass is 211 g/mol. The predicted molar refractivity (Wildman–Crippen MR) is 58.8 cm³/mol. The van der Waals surface area contributed by atoms with Gasteiger partial charge in [0.15, 0.2) is 0 Å². The van der Waals surface area contributed by atoms with Crippen LogP contribution < -0.4 is 0 Å². The molecule has 3 heteroatoms. The zero-order valence-electron chi connectivity index (χ0n) is 9.58. The number of Topliss-reactive ketones (excluding diaryl/α,β-unsaturated/α-hetero) is 1. The number of nitrogens with zero attached hydrogens (tertiary/aromatic N) is 1. The van der Waals surface area contributed by atoms with E-state index in [-0.39, 0.29) is 0 Å². The van der Waals surface area contributed by atoms with Gasteiger partial charge >= 0.3 is 0 Å². The van der Waals surface area contributed by atoms with Crippen molar-refractivity contribution in [1.82, 2.24) is 4.90 Å². The van der Waals surface area contributed by atoms with Gasteiger partial charge < -0.3 is 4.74 Å². The Morgan fingerprint density at radius 1 is 1.40 bits per heavy atom. The maximum Gasteiger partial charge on any atom is 0.137 e. The number of ether oxygens (including phenoxy) is 1. The van der Waals surface area contributed by atoms with E-state index in [1.54, 1.807) is 7.11 Å². The first kappa shape index (κ1) is 11.1. The minimum Gasteiger partial charge on any atom is -0.383 e. The number of rotatable bonds is 6. The van der Waals surface area contributed by atoms with Crippen LogP contribution in [-0.4, -0.2) is 43.5 Å². The van der Waals surface area contributed by atoms with Crippen molar-refractivity contribution in [1.29, 1.82) is 0 Å². The fourth-order valence-corrected chi connectivity index (χ4v) is 2.44. The van der Waals surface area contributed by atoms with Crippen LogP contribution >= 0.6 is 0 Å². The zero-order valence-corrected chi connectivity index (χ0v) is 9.58. The lowest BCUT2D eigenvalue weighted by molar-refractivity contribution is -0.121. The first-order valence-corrected chi connectivity index (χ1v) is 6.07. The third-order valence-corrected chi connectivity index (χ3v) is 3.53. The maximum atomic E-state index is 11.6. The summed E-state index contributed by atoms with van der Waals surface area (Å²) in [6.07, 6.45) is 5.64. The second-order valence-corrected chi connectivity index (χ2v) is 4.77. The van der Waals surface area contributed by atoms with Crippen molar-refractivity contribution >= 4 is 5.78 Å². The fourth-order valence-electron chi connectivity index (χ4n) is 2.44. The van der Waals surface area contributed by atoms with Crippen LogP contribution in [-0.2, 0) is 9.53 Å². The van der Waals surface area contributed by atoms with E-state index in [1.165, 1.54) is 12.8 Å². The highest BCUT2D eigenvalue weighted by molar-refractivity contribution is 5.83. The molecule has 2 rings (SSSR count). The average Bonchev–Trinajstić information content (AvgIpc) is 2.99. The number of carbonyl (C=O) groups excluding carboxylic acids is 1. The summed E-state index contributed by atoms with van der Waals surface area (Å²) in [6.45, 7) is 2.76. The highest BCUT2D eigenvalue weighted by Gasteiger charge is 2.33. The van der Waals surface area contributed by atoms with Gasteiger partial charge in [0.2, 0.25) is 0 Å². The van der Waals surface area contributed by atoms with Crippen molar-refractivity contribution in [3.05, 3.63) is 0 Å². The average molecular weight is 211 g/mol. The van der Waals surface area contributed by atoms with Gasteiger partial charge in [-0.25, -0.2) is 0 Å². The van der Waals surface area contributed by atoms with Crippen LogP contribution in [0.1, 0.15) is 32.1 Å².